The molecule has 4 nitrogen and oxygen atoms in total. The first-order chi connectivity index (χ1) is 10.2. The van der Waals surface area contributed by atoms with Gasteiger partial charge in [-0.25, -0.2) is 0 Å². The van der Waals surface area contributed by atoms with Crippen LogP contribution in [0.5, 0.6) is 0 Å². The van der Waals surface area contributed by atoms with Gasteiger partial charge in [-0.2, -0.15) is 0 Å². The van der Waals surface area contributed by atoms with Crippen molar-refractivity contribution in [1.29, 1.82) is 0 Å². The van der Waals surface area contributed by atoms with E-state index in [1.165, 1.54) is 32.5 Å². The van der Waals surface area contributed by atoms with Crippen LogP contribution < -0.4 is 0 Å². The lowest BCUT2D eigenvalue weighted by Gasteiger charge is -2.33. The number of hydrogen-bond acceptors (Lipinski definition) is 3. The van der Waals surface area contributed by atoms with Gasteiger partial charge in [-0.05, 0) is 66.7 Å². The second kappa shape index (κ2) is 6.88. The van der Waals surface area contributed by atoms with Crippen molar-refractivity contribution in [2.24, 2.45) is 5.92 Å². The van der Waals surface area contributed by atoms with Crippen LogP contribution in [0.15, 0.2) is 22.9 Å². The Kier molecular flexibility index (Phi) is 4.91. The van der Waals surface area contributed by atoms with E-state index in [4.69, 9.17) is 0 Å². The van der Waals surface area contributed by atoms with E-state index in [2.05, 4.69) is 25.8 Å². The molecular formula is C16H22BrN3O. The first kappa shape index (κ1) is 15.0. The first-order valence-electron chi connectivity index (χ1n) is 7.84. The zero-order chi connectivity index (χ0) is 14.7. The third-order valence-electron chi connectivity index (χ3n) is 4.57. The Labute approximate surface area is 134 Å². The third kappa shape index (κ3) is 3.83. The predicted octanol–water partition coefficient (Wildman–Crippen LogP) is 2.79. The number of piperidine rings is 1. The average molecular weight is 352 g/mol. The summed E-state index contributed by atoms with van der Waals surface area (Å²) in [5.74, 6) is 0.871. The van der Waals surface area contributed by atoms with Gasteiger partial charge in [0.2, 0.25) is 0 Å². The van der Waals surface area contributed by atoms with Crippen molar-refractivity contribution >= 4 is 21.8 Å². The van der Waals surface area contributed by atoms with Crippen molar-refractivity contribution in [3.05, 3.63) is 28.5 Å². The van der Waals surface area contributed by atoms with E-state index in [-0.39, 0.29) is 5.91 Å². The summed E-state index contributed by atoms with van der Waals surface area (Å²) in [4.78, 5) is 21.1. The number of likely N-dealkylation sites (tertiary alicyclic amines) is 2. The molecule has 2 fully saturated rings. The summed E-state index contributed by atoms with van der Waals surface area (Å²) in [5, 5.41) is 0. The zero-order valence-corrected chi connectivity index (χ0v) is 13.9. The van der Waals surface area contributed by atoms with Crippen LogP contribution in [0.4, 0.5) is 0 Å². The largest absolute Gasteiger partial charge is 0.339 e. The molecule has 5 heteroatoms. The SMILES string of the molecule is O=C(c1cncc(Br)c1)N1CCC(CN2CCCC2)CC1. The highest BCUT2D eigenvalue weighted by molar-refractivity contribution is 9.10. The summed E-state index contributed by atoms with van der Waals surface area (Å²) in [6, 6.07) is 1.85. The topological polar surface area (TPSA) is 36.4 Å². The second-order valence-corrected chi connectivity index (χ2v) is 7.05. The molecule has 2 aliphatic heterocycles. The van der Waals surface area contributed by atoms with Crippen molar-refractivity contribution in [2.45, 2.75) is 25.7 Å². The molecule has 1 aromatic heterocycles. The van der Waals surface area contributed by atoms with Crippen molar-refractivity contribution < 1.29 is 4.79 Å². The van der Waals surface area contributed by atoms with E-state index >= 15 is 0 Å². The summed E-state index contributed by atoms with van der Waals surface area (Å²) in [6.07, 6.45) is 8.33. The lowest BCUT2D eigenvalue weighted by molar-refractivity contribution is 0.0672. The molecule has 0 aromatic carbocycles. The number of halogens is 1. The number of nitrogens with zero attached hydrogens (tertiary/aromatic N) is 3. The van der Waals surface area contributed by atoms with Gasteiger partial charge in [-0.15, -0.1) is 0 Å². The first-order valence-corrected chi connectivity index (χ1v) is 8.64. The number of rotatable bonds is 3. The van der Waals surface area contributed by atoms with Crippen LogP contribution in [-0.2, 0) is 0 Å². The molecule has 3 rings (SSSR count). The Morgan fingerprint density at radius 2 is 1.90 bits per heavy atom. The van der Waals surface area contributed by atoms with Crippen molar-refractivity contribution in [2.75, 3.05) is 32.7 Å². The molecular weight excluding hydrogens is 330 g/mol. The molecule has 0 aliphatic carbocycles. The van der Waals surface area contributed by atoms with Gasteiger partial charge < -0.3 is 9.80 Å². The average Bonchev–Trinajstić information content (AvgIpc) is 3.00. The molecule has 0 atom stereocenters. The summed E-state index contributed by atoms with van der Waals surface area (Å²) < 4.78 is 0.859. The Morgan fingerprint density at radius 1 is 1.19 bits per heavy atom. The Morgan fingerprint density at radius 3 is 2.57 bits per heavy atom. The maximum atomic E-state index is 12.5. The van der Waals surface area contributed by atoms with Gasteiger partial charge in [0.25, 0.3) is 5.91 Å². The van der Waals surface area contributed by atoms with Gasteiger partial charge in [0.05, 0.1) is 5.56 Å². The zero-order valence-electron chi connectivity index (χ0n) is 12.3. The van der Waals surface area contributed by atoms with Crippen LogP contribution in [0.2, 0.25) is 0 Å². The van der Waals surface area contributed by atoms with Gasteiger partial charge >= 0.3 is 0 Å². The van der Waals surface area contributed by atoms with Crippen LogP contribution in [-0.4, -0.2) is 53.4 Å². The molecule has 114 valence electrons. The maximum Gasteiger partial charge on any atom is 0.255 e. The minimum Gasteiger partial charge on any atom is -0.339 e. The third-order valence-corrected chi connectivity index (χ3v) is 5.00. The van der Waals surface area contributed by atoms with Crippen molar-refractivity contribution in [3.63, 3.8) is 0 Å². The van der Waals surface area contributed by atoms with E-state index in [0.717, 1.165) is 36.3 Å². The molecule has 0 spiro atoms. The summed E-state index contributed by atoms with van der Waals surface area (Å²) in [7, 11) is 0. The maximum absolute atomic E-state index is 12.5. The Balaban J connectivity index is 1.52. The highest BCUT2D eigenvalue weighted by Gasteiger charge is 2.25. The summed E-state index contributed by atoms with van der Waals surface area (Å²) in [6.45, 7) is 5.51. The molecule has 0 unspecified atom stereocenters. The molecule has 1 amide bonds. The van der Waals surface area contributed by atoms with Gasteiger partial charge in [-0.1, -0.05) is 0 Å². The predicted molar refractivity (Wildman–Crippen MR) is 86.2 cm³/mol. The smallest absolute Gasteiger partial charge is 0.255 e. The lowest BCUT2D eigenvalue weighted by atomic mass is 9.96. The fraction of sp³-hybridized carbons (Fsp3) is 0.625. The van der Waals surface area contributed by atoms with Crippen LogP contribution in [0, 0.1) is 5.92 Å². The van der Waals surface area contributed by atoms with Crippen LogP contribution in [0.25, 0.3) is 0 Å². The van der Waals surface area contributed by atoms with E-state index in [0.29, 0.717) is 5.56 Å². The monoisotopic (exact) mass is 351 g/mol. The molecule has 2 saturated heterocycles. The second-order valence-electron chi connectivity index (χ2n) is 6.14. The molecule has 0 N–H and O–H groups in total. The number of pyridine rings is 1. The van der Waals surface area contributed by atoms with Gasteiger partial charge in [0, 0.05) is 36.5 Å². The molecule has 0 bridgehead atoms. The number of carbonyl (C=O) groups excluding carboxylic acids is 1. The molecule has 21 heavy (non-hydrogen) atoms. The fourth-order valence-corrected chi connectivity index (χ4v) is 3.73. The minimum absolute atomic E-state index is 0.114. The van der Waals surface area contributed by atoms with Gasteiger partial charge in [0.1, 0.15) is 0 Å². The van der Waals surface area contributed by atoms with Crippen LogP contribution >= 0.6 is 15.9 Å². The van der Waals surface area contributed by atoms with Crippen LogP contribution in [0.3, 0.4) is 0 Å². The van der Waals surface area contributed by atoms with E-state index in [1.807, 2.05) is 11.0 Å². The Hall–Kier alpha value is -0.940. The highest BCUT2D eigenvalue weighted by Crippen LogP contribution is 2.22. The molecule has 0 saturated carbocycles. The molecule has 1 aromatic rings. The number of carbonyl (C=O) groups is 1. The van der Waals surface area contributed by atoms with Crippen molar-refractivity contribution in [3.8, 4) is 0 Å². The standard InChI is InChI=1S/C16H22BrN3O/c17-15-9-14(10-18-11-15)16(21)20-7-3-13(4-8-20)12-19-5-1-2-6-19/h9-11,13H,1-8,12H2. The number of hydrogen-bond donors (Lipinski definition) is 0. The van der Waals surface area contributed by atoms with E-state index in [9.17, 15) is 4.79 Å². The quantitative estimate of drug-likeness (QED) is 0.839. The molecule has 3 heterocycles. The van der Waals surface area contributed by atoms with Crippen molar-refractivity contribution in [1.82, 2.24) is 14.8 Å². The molecule has 0 radical (unpaired) electrons. The normalized spacial score (nSPS) is 20.9. The van der Waals surface area contributed by atoms with Gasteiger partial charge in [-0.3, -0.25) is 9.78 Å². The number of amides is 1. The van der Waals surface area contributed by atoms with E-state index < -0.39 is 0 Å². The lowest BCUT2D eigenvalue weighted by Crippen LogP contribution is -2.41. The van der Waals surface area contributed by atoms with Gasteiger partial charge in [0.15, 0.2) is 0 Å². The summed E-state index contributed by atoms with van der Waals surface area (Å²) >= 11 is 3.37. The Bertz CT molecular complexity index is 494. The fourth-order valence-electron chi connectivity index (χ4n) is 3.36. The minimum atomic E-state index is 0.114. The van der Waals surface area contributed by atoms with E-state index in [1.54, 1.807) is 12.4 Å². The number of aromatic nitrogens is 1. The highest BCUT2D eigenvalue weighted by atomic mass is 79.9. The van der Waals surface area contributed by atoms with Crippen LogP contribution in [0.1, 0.15) is 36.0 Å². The summed E-state index contributed by atoms with van der Waals surface area (Å²) in [5.41, 5.74) is 0.683. The molecule has 2 aliphatic rings.